The molecule has 1 unspecified atom stereocenters. The molecule has 7 nitrogen and oxygen atoms in total. The Hall–Kier alpha value is -2.15. The maximum Gasteiger partial charge on any atom is 0.345 e. The third-order valence-electron chi connectivity index (χ3n) is 4.12. The first-order chi connectivity index (χ1) is 11.1. The van der Waals surface area contributed by atoms with Crippen molar-refractivity contribution in [3.63, 3.8) is 0 Å². The van der Waals surface area contributed by atoms with Gasteiger partial charge in [-0.2, -0.15) is 0 Å². The summed E-state index contributed by atoms with van der Waals surface area (Å²) in [6, 6.07) is 4.99. The fourth-order valence-electron chi connectivity index (χ4n) is 2.83. The van der Waals surface area contributed by atoms with Crippen molar-refractivity contribution in [3.05, 3.63) is 33.9 Å². The van der Waals surface area contributed by atoms with Gasteiger partial charge in [-0.3, -0.25) is 10.1 Å². The molecule has 7 heteroatoms. The number of nitro benzene ring substituents is 1. The zero-order valence-electron chi connectivity index (χ0n) is 14.9. The summed E-state index contributed by atoms with van der Waals surface area (Å²) >= 11 is 0. The largest absolute Gasteiger partial charge is 0.456 e. The molecule has 132 valence electrons. The van der Waals surface area contributed by atoms with Crippen molar-refractivity contribution in [2.24, 2.45) is 0 Å². The number of rotatable bonds is 4. The van der Waals surface area contributed by atoms with Gasteiger partial charge in [0, 0.05) is 31.4 Å². The van der Waals surface area contributed by atoms with Crippen LogP contribution in [0.3, 0.4) is 0 Å². The van der Waals surface area contributed by atoms with Crippen molar-refractivity contribution in [3.8, 4) is 0 Å². The maximum absolute atomic E-state index is 12.2. The first-order valence-electron chi connectivity index (χ1n) is 8.01. The second-order valence-electron chi connectivity index (χ2n) is 7.28. The third-order valence-corrected chi connectivity index (χ3v) is 4.12. The first-order valence-corrected chi connectivity index (χ1v) is 8.01. The summed E-state index contributed by atoms with van der Waals surface area (Å²) < 4.78 is 5.27. The Morgan fingerprint density at radius 1 is 1.42 bits per heavy atom. The summed E-state index contributed by atoms with van der Waals surface area (Å²) in [6.07, 6.45) is 1.01. The molecule has 1 heterocycles. The van der Waals surface area contributed by atoms with Crippen LogP contribution in [0.5, 0.6) is 0 Å². The highest BCUT2D eigenvalue weighted by Gasteiger charge is 2.28. The topological polar surface area (TPSA) is 75.9 Å². The van der Waals surface area contributed by atoms with Crippen LogP contribution in [-0.4, -0.2) is 54.6 Å². The van der Waals surface area contributed by atoms with Crippen LogP contribution in [0.4, 0.5) is 11.4 Å². The number of likely N-dealkylation sites (tertiary alicyclic amines) is 1. The predicted molar refractivity (Wildman–Crippen MR) is 92.6 cm³/mol. The molecule has 0 amide bonds. The molecule has 2 rings (SSSR count). The molecule has 0 bridgehead atoms. The third kappa shape index (κ3) is 4.23. The molecule has 0 radical (unpaired) electrons. The Bertz CT molecular complexity index is 639. The average molecular weight is 335 g/mol. The van der Waals surface area contributed by atoms with E-state index in [0.29, 0.717) is 6.04 Å². The lowest BCUT2D eigenvalue weighted by Gasteiger charge is -2.26. The summed E-state index contributed by atoms with van der Waals surface area (Å²) in [6.45, 7) is 7.12. The van der Waals surface area contributed by atoms with Gasteiger partial charge >= 0.3 is 5.97 Å². The van der Waals surface area contributed by atoms with Crippen molar-refractivity contribution in [2.45, 2.75) is 38.8 Å². The minimum atomic E-state index is -0.700. The summed E-state index contributed by atoms with van der Waals surface area (Å²) in [5.74, 6) is -0.677. The molecule has 0 aliphatic carbocycles. The zero-order chi connectivity index (χ0) is 18.1. The van der Waals surface area contributed by atoms with Crippen LogP contribution in [0.15, 0.2) is 18.2 Å². The smallest absolute Gasteiger partial charge is 0.345 e. The van der Waals surface area contributed by atoms with Gasteiger partial charge in [0.2, 0.25) is 0 Å². The van der Waals surface area contributed by atoms with Crippen molar-refractivity contribution < 1.29 is 14.5 Å². The highest BCUT2D eigenvalue weighted by atomic mass is 16.6. The summed E-state index contributed by atoms with van der Waals surface area (Å²) in [5.41, 5.74) is -0.209. The lowest BCUT2D eigenvalue weighted by Crippen LogP contribution is -2.33. The summed E-state index contributed by atoms with van der Waals surface area (Å²) in [5, 5.41) is 11.4. The molecule has 0 spiro atoms. The normalized spacial score (nSPS) is 18.5. The van der Waals surface area contributed by atoms with Gasteiger partial charge in [0.05, 0.1) is 4.92 Å². The molecule has 1 saturated heterocycles. The van der Waals surface area contributed by atoms with Gasteiger partial charge in [-0.1, -0.05) is 0 Å². The zero-order valence-corrected chi connectivity index (χ0v) is 14.9. The number of hydrogen-bond acceptors (Lipinski definition) is 6. The fourth-order valence-corrected chi connectivity index (χ4v) is 2.83. The van der Waals surface area contributed by atoms with Crippen molar-refractivity contribution in [1.82, 2.24) is 4.90 Å². The molecular formula is C17H25N3O4. The van der Waals surface area contributed by atoms with E-state index < -0.39 is 16.5 Å². The molecule has 1 aromatic carbocycles. The Morgan fingerprint density at radius 2 is 2.08 bits per heavy atom. The van der Waals surface area contributed by atoms with E-state index in [0.717, 1.165) is 25.2 Å². The molecule has 1 fully saturated rings. The van der Waals surface area contributed by atoms with Gasteiger partial charge < -0.3 is 14.5 Å². The number of benzene rings is 1. The molecule has 1 aliphatic heterocycles. The first kappa shape index (κ1) is 18.2. The predicted octanol–water partition coefficient (Wildman–Crippen LogP) is 2.69. The number of esters is 1. The fraction of sp³-hybridized carbons (Fsp3) is 0.588. The van der Waals surface area contributed by atoms with Crippen LogP contribution < -0.4 is 4.90 Å². The highest BCUT2D eigenvalue weighted by molar-refractivity contribution is 5.95. The standard InChI is InChI=1S/C17H25N3O4/c1-17(2,3)24-16(21)14-7-6-12(10-15(14)20(22)23)19(5)13-8-9-18(4)11-13/h6-7,10,13H,8-9,11H2,1-5H3. The van der Waals surface area contributed by atoms with Crippen LogP contribution in [0.2, 0.25) is 0 Å². The van der Waals surface area contributed by atoms with Gasteiger partial charge in [-0.25, -0.2) is 4.79 Å². The minimum absolute atomic E-state index is 0.0179. The molecule has 0 N–H and O–H groups in total. The number of ether oxygens (including phenoxy) is 1. The number of nitrogens with zero attached hydrogens (tertiary/aromatic N) is 3. The van der Waals surface area contributed by atoms with Gasteiger partial charge in [-0.05, 0) is 52.9 Å². The van der Waals surface area contributed by atoms with Crippen LogP contribution in [-0.2, 0) is 4.74 Å². The van der Waals surface area contributed by atoms with Gasteiger partial charge in [0.15, 0.2) is 0 Å². The van der Waals surface area contributed by atoms with E-state index in [-0.39, 0.29) is 11.3 Å². The van der Waals surface area contributed by atoms with E-state index in [2.05, 4.69) is 11.9 Å². The quantitative estimate of drug-likeness (QED) is 0.478. The molecular weight excluding hydrogens is 310 g/mol. The highest BCUT2D eigenvalue weighted by Crippen LogP contribution is 2.29. The lowest BCUT2D eigenvalue weighted by molar-refractivity contribution is -0.385. The van der Waals surface area contributed by atoms with Gasteiger partial charge in [-0.15, -0.1) is 0 Å². The second-order valence-corrected chi connectivity index (χ2v) is 7.28. The van der Waals surface area contributed by atoms with Crippen molar-refractivity contribution >= 4 is 17.3 Å². The molecule has 1 aliphatic rings. The number of carbonyl (C=O) groups is 1. The summed E-state index contributed by atoms with van der Waals surface area (Å²) in [7, 11) is 3.98. The Kier molecular flexibility index (Phi) is 5.13. The molecule has 1 aromatic rings. The Labute approximate surface area is 142 Å². The number of hydrogen-bond donors (Lipinski definition) is 0. The van der Waals surface area contributed by atoms with Crippen LogP contribution in [0.25, 0.3) is 0 Å². The van der Waals surface area contributed by atoms with E-state index in [1.165, 1.54) is 12.1 Å². The monoisotopic (exact) mass is 335 g/mol. The second kappa shape index (κ2) is 6.76. The number of nitro groups is 1. The van der Waals surface area contributed by atoms with Gasteiger partial charge in [0.25, 0.3) is 5.69 Å². The number of anilines is 1. The molecule has 24 heavy (non-hydrogen) atoms. The summed E-state index contributed by atoms with van der Waals surface area (Å²) in [4.78, 5) is 27.4. The molecule has 0 aromatic heterocycles. The van der Waals surface area contributed by atoms with Crippen molar-refractivity contribution in [1.29, 1.82) is 0 Å². The Morgan fingerprint density at radius 3 is 2.58 bits per heavy atom. The van der Waals surface area contributed by atoms with E-state index in [9.17, 15) is 14.9 Å². The molecule has 0 saturated carbocycles. The van der Waals surface area contributed by atoms with Crippen molar-refractivity contribution in [2.75, 3.05) is 32.1 Å². The maximum atomic E-state index is 12.2. The van der Waals surface area contributed by atoms with Gasteiger partial charge in [0.1, 0.15) is 11.2 Å². The van der Waals surface area contributed by atoms with Crippen LogP contribution >= 0.6 is 0 Å². The van der Waals surface area contributed by atoms with E-state index in [4.69, 9.17) is 4.74 Å². The van der Waals surface area contributed by atoms with E-state index >= 15 is 0 Å². The van der Waals surface area contributed by atoms with E-state index in [1.807, 2.05) is 11.9 Å². The Balaban J connectivity index is 2.29. The minimum Gasteiger partial charge on any atom is -0.456 e. The number of likely N-dealkylation sites (N-methyl/N-ethyl adjacent to an activating group) is 2. The average Bonchev–Trinajstić information content (AvgIpc) is 2.90. The van der Waals surface area contributed by atoms with E-state index in [1.54, 1.807) is 26.8 Å². The van der Waals surface area contributed by atoms with Crippen LogP contribution in [0.1, 0.15) is 37.6 Å². The number of carbonyl (C=O) groups excluding carboxylic acids is 1. The lowest BCUT2D eigenvalue weighted by atomic mass is 10.1. The molecule has 1 atom stereocenters. The SMILES string of the molecule is CN1CCC(N(C)c2ccc(C(=O)OC(C)(C)C)c([N+](=O)[O-])c2)C1. The van der Waals surface area contributed by atoms with Crippen LogP contribution in [0, 0.1) is 10.1 Å².